The first-order chi connectivity index (χ1) is 10.6. The van der Waals surface area contributed by atoms with Gasteiger partial charge in [-0.05, 0) is 51.4 Å². The number of hydrogen-bond acceptors (Lipinski definition) is 3. The van der Waals surface area contributed by atoms with Crippen molar-refractivity contribution in [2.75, 3.05) is 6.54 Å². The Bertz CT molecular complexity index is 479. The summed E-state index contributed by atoms with van der Waals surface area (Å²) in [7, 11) is 0. The van der Waals surface area contributed by atoms with Crippen molar-refractivity contribution >= 4 is 41.3 Å². The fourth-order valence-corrected chi connectivity index (χ4v) is 3.80. The Balaban J connectivity index is 0.00000264. The molecule has 4 nitrogen and oxygen atoms in total. The van der Waals surface area contributed by atoms with Gasteiger partial charge in [-0.25, -0.2) is 9.98 Å². The third kappa shape index (κ3) is 6.95. The van der Waals surface area contributed by atoms with Crippen LogP contribution in [0.4, 0.5) is 0 Å². The summed E-state index contributed by atoms with van der Waals surface area (Å²) < 4.78 is 0. The molecule has 0 saturated heterocycles. The molecule has 0 spiro atoms. The first-order valence-electron chi connectivity index (χ1n) is 8.54. The summed E-state index contributed by atoms with van der Waals surface area (Å²) in [6, 6.07) is 0.566. The van der Waals surface area contributed by atoms with E-state index >= 15 is 0 Å². The molecule has 1 saturated carbocycles. The molecule has 132 valence electrons. The highest BCUT2D eigenvalue weighted by Crippen LogP contribution is 2.29. The highest BCUT2D eigenvalue weighted by atomic mass is 127. The lowest BCUT2D eigenvalue weighted by atomic mass is 9.80. The van der Waals surface area contributed by atoms with Crippen LogP contribution in [0.1, 0.15) is 56.3 Å². The predicted octanol–water partition coefficient (Wildman–Crippen LogP) is 4.34. The average Bonchev–Trinajstić information content (AvgIpc) is 2.91. The molecule has 0 bridgehead atoms. The lowest BCUT2D eigenvalue weighted by Crippen LogP contribution is -2.45. The number of halogens is 1. The third-order valence-corrected chi connectivity index (χ3v) is 5.36. The largest absolute Gasteiger partial charge is 0.357 e. The molecule has 0 atom stereocenters. The van der Waals surface area contributed by atoms with Gasteiger partial charge >= 0.3 is 0 Å². The molecule has 1 aliphatic rings. The van der Waals surface area contributed by atoms with Crippen LogP contribution in [-0.4, -0.2) is 23.5 Å². The zero-order valence-electron chi connectivity index (χ0n) is 14.8. The quantitative estimate of drug-likeness (QED) is 0.399. The van der Waals surface area contributed by atoms with Crippen molar-refractivity contribution in [2.24, 2.45) is 16.8 Å². The molecule has 1 aromatic rings. The maximum atomic E-state index is 4.71. The predicted molar refractivity (Wildman–Crippen MR) is 111 cm³/mol. The molecule has 0 radical (unpaired) electrons. The van der Waals surface area contributed by atoms with Crippen molar-refractivity contribution in [3.05, 3.63) is 16.1 Å². The van der Waals surface area contributed by atoms with E-state index in [-0.39, 0.29) is 24.0 Å². The normalized spacial score (nSPS) is 21.9. The minimum Gasteiger partial charge on any atom is -0.357 e. The summed E-state index contributed by atoms with van der Waals surface area (Å²) in [6.07, 6.45) is 7.12. The SMILES string of the molecule is CCNC(=NCc1cnc(C)s1)NC1CCC(C(C)C)CC1.I. The minimum atomic E-state index is 0. The average molecular weight is 450 g/mol. The second kappa shape index (κ2) is 10.5. The number of hydrogen-bond donors (Lipinski definition) is 2. The maximum absolute atomic E-state index is 4.71. The molecule has 2 rings (SSSR count). The summed E-state index contributed by atoms with van der Waals surface area (Å²) in [6.45, 7) is 10.5. The second-order valence-electron chi connectivity index (χ2n) is 6.54. The van der Waals surface area contributed by atoms with Gasteiger partial charge in [0.2, 0.25) is 0 Å². The van der Waals surface area contributed by atoms with Gasteiger partial charge in [-0.3, -0.25) is 0 Å². The van der Waals surface area contributed by atoms with Crippen LogP contribution in [0.25, 0.3) is 0 Å². The molecule has 1 fully saturated rings. The van der Waals surface area contributed by atoms with Crippen LogP contribution in [0.15, 0.2) is 11.2 Å². The number of aliphatic imine (C=N–C) groups is 1. The van der Waals surface area contributed by atoms with Crippen LogP contribution in [0.3, 0.4) is 0 Å². The Morgan fingerprint density at radius 1 is 1.35 bits per heavy atom. The van der Waals surface area contributed by atoms with E-state index in [9.17, 15) is 0 Å². The first-order valence-corrected chi connectivity index (χ1v) is 9.36. The van der Waals surface area contributed by atoms with Crippen LogP contribution >= 0.6 is 35.3 Å². The number of nitrogens with zero attached hydrogens (tertiary/aromatic N) is 2. The Morgan fingerprint density at radius 2 is 2.04 bits per heavy atom. The van der Waals surface area contributed by atoms with Gasteiger partial charge in [-0.1, -0.05) is 13.8 Å². The van der Waals surface area contributed by atoms with Crippen LogP contribution in [0.2, 0.25) is 0 Å². The van der Waals surface area contributed by atoms with Gasteiger partial charge in [0.05, 0.1) is 11.6 Å². The summed E-state index contributed by atoms with van der Waals surface area (Å²) in [5.41, 5.74) is 0. The fraction of sp³-hybridized carbons (Fsp3) is 0.765. The molecule has 1 aliphatic carbocycles. The molecular weight excluding hydrogens is 419 g/mol. The number of rotatable bonds is 5. The molecule has 0 unspecified atom stereocenters. The molecule has 0 amide bonds. The van der Waals surface area contributed by atoms with Gasteiger partial charge in [0.1, 0.15) is 0 Å². The van der Waals surface area contributed by atoms with E-state index in [0.29, 0.717) is 12.6 Å². The summed E-state index contributed by atoms with van der Waals surface area (Å²) in [4.78, 5) is 10.2. The van der Waals surface area contributed by atoms with Crippen molar-refractivity contribution in [1.82, 2.24) is 15.6 Å². The van der Waals surface area contributed by atoms with E-state index in [2.05, 4.69) is 36.4 Å². The van der Waals surface area contributed by atoms with Crippen LogP contribution in [0, 0.1) is 18.8 Å². The number of aryl methyl sites for hydroxylation is 1. The Morgan fingerprint density at radius 3 is 2.57 bits per heavy atom. The van der Waals surface area contributed by atoms with E-state index in [1.54, 1.807) is 11.3 Å². The lowest BCUT2D eigenvalue weighted by molar-refractivity contribution is 0.250. The summed E-state index contributed by atoms with van der Waals surface area (Å²) in [5.74, 6) is 2.66. The molecular formula is C17H31IN4S. The van der Waals surface area contributed by atoms with Gasteiger partial charge in [0.15, 0.2) is 5.96 Å². The van der Waals surface area contributed by atoms with Crippen molar-refractivity contribution in [1.29, 1.82) is 0 Å². The highest BCUT2D eigenvalue weighted by molar-refractivity contribution is 14.0. The third-order valence-electron chi connectivity index (χ3n) is 4.46. The topological polar surface area (TPSA) is 49.3 Å². The van der Waals surface area contributed by atoms with Gasteiger partial charge < -0.3 is 10.6 Å². The van der Waals surface area contributed by atoms with Crippen LogP contribution < -0.4 is 10.6 Å². The van der Waals surface area contributed by atoms with Gasteiger partial charge in [-0.15, -0.1) is 35.3 Å². The molecule has 0 aromatic carbocycles. The molecule has 2 N–H and O–H groups in total. The molecule has 6 heteroatoms. The van der Waals surface area contributed by atoms with E-state index in [1.807, 2.05) is 13.1 Å². The molecule has 1 aromatic heterocycles. The fourth-order valence-electron chi connectivity index (χ4n) is 3.08. The van der Waals surface area contributed by atoms with Crippen molar-refractivity contribution < 1.29 is 0 Å². The first kappa shape index (κ1) is 20.7. The highest BCUT2D eigenvalue weighted by Gasteiger charge is 2.23. The van der Waals surface area contributed by atoms with Crippen molar-refractivity contribution in [3.63, 3.8) is 0 Å². The summed E-state index contributed by atoms with van der Waals surface area (Å²) >= 11 is 1.72. The standard InChI is InChI=1S/C17H30N4S.HI/c1-5-18-17(20-11-16-10-19-13(4)22-16)21-15-8-6-14(7-9-15)12(2)3;/h10,12,14-15H,5-9,11H2,1-4H3,(H2,18,20,21);1H. The Hall–Kier alpha value is -0.370. The zero-order valence-corrected chi connectivity index (χ0v) is 17.9. The molecule has 1 heterocycles. The smallest absolute Gasteiger partial charge is 0.191 e. The number of guanidine groups is 1. The Kier molecular flexibility index (Phi) is 9.43. The van der Waals surface area contributed by atoms with Gasteiger partial charge in [0, 0.05) is 23.7 Å². The second-order valence-corrected chi connectivity index (χ2v) is 7.86. The zero-order chi connectivity index (χ0) is 15.9. The van der Waals surface area contributed by atoms with Gasteiger partial charge in [-0.2, -0.15) is 0 Å². The Labute approximate surface area is 162 Å². The number of thiazole rings is 1. The number of aromatic nitrogens is 1. The van der Waals surface area contributed by atoms with E-state index in [4.69, 9.17) is 4.99 Å². The maximum Gasteiger partial charge on any atom is 0.191 e. The van der Waals surface area contributed by atoms with Crippen molar-refractivity contribution in [3.8, 4) is 0 Å². The van der Waals surface area contributed by atoms with Gasteiger partial charge in [0.25, 0.3) is 0 Å². The number of nitrogens with one attached hydrogen (secondary N) is 2. The molecule has 23 heavy (non-hydrogen) atoms. The van der Waals surface area contributed by atoms with E-state index in [1.165, 1.54) is 30.6 Å². The minimum absolute atomic E-state index is 0. The summed E-state index contributed by atoms with van der Waals surface area (Å²) in [5, 5.41) is 8.09. The van der Waals surface area contributed by atoms with Crippen molar-refractivity contribution in [2.45, 2.75) is 66.0 Å². The monoisotopic (exact) mass is 450 g/mol. The lowest BCUT2D eigenvalue weighted by Gasteiger charge is -2.32. The van der Waals surface area contributed by atoms with E-state index in [0.717, 1.165) is 29.3 Å². The van der Waals surface area contributed by atoms with E-state index < -0.39 is 0 Å². The molecule has 0 aliphatic heterocycles. The van der Waals surface area contributed by atoms with Crippen LogP contribution in [0.5, 0.6) is 0 Å². The van der Waals surface area contributed by atoms with Crippen LogP contribution in [-0.2, 0) is 6.54 Å².